The Balaban J connectivity index is 1.38. The minimum absolute atomic E-state index is 0.127. The highest BCUT2D eigenvalue weighted by atomic mass is 19.1. The van der Waals surface area contributed by atoms with Gasteiger partial charge in [-0.3, -0.25) is 9.59 Å². The number of nitrogens with one attached hydrogen (secondary N) is 2. The van der Waals surface area contributed by atoms with E-state index < -0.39 is 5.91 Å². The zero-order chi connectivity index (χ0) is 28.4. The number of carbonyl (C=O) groups excluding carboxylic acids is 2. The van der Waals surface area contributed by atoms with Crippen molar-refractivity contribution in [2.24, 2.45) is 5.10 Å². The molecule has 2 amide bonds. The summed E-state index contributed by atoms with van der Waals surface area (Å²) in [6, 6.07) is 15.6. The van der Waals surface area contributed by atoms with Gasteiger partial charge in [-0.05, 0) is 42.8 Å². The van der Waals surface area contributed by atoms with Crippen molar-refractivity contribution in [3.8, 4) is 16.9 Å². The number of hydrogen-bond acceptors (Lipinski definition) is 4. The number of hydrogen-bond donors (Lipinski definition) is 2. The second-order valence-corrected chi connectivity index (χ2v) is 10.1. The van der Waals surface area contributed by atoms with Gasteiger partial charge in [0.15, 0.2) is 0 Å². The summed E-state index contributed by atoms with van der Waals surface area (Å²) in [4.78, 5) is 24.3. The highest BCUT2D eigenvalue weighted by molar-refractivity contribution is 5.90. The van der Waals surface area contributed by atoms with Crippen LogP contribution in [0.1, 0.15) is 89.5 Å². The van der Waals surface area contributed by atoms with Gasteiger partial charge in [0.2, 0.25) is 5.91 Å². The second kappa shape index (κ2) is 17.7. The molecule has 1 aromatic heterocycles. The fraction of sp³-hybridized carbons (Fsp3) is 0.438. The molecule has 0 atom stereocenters. The SMILES string of the molecule is CCCCCCCCCCCCCC(=O)NCC(=O)N/N=C\c1cn(-c2ccccc2)nc1-c1ccc(F)cc1. The van der Waals surface area contributed by atoms with Crippen molar-refractivity contribution >= 4 is 18.0 Å². The lowest BCUT2D eigenvalue weighted by atomic mass is 10.1. The molecule has 0 spiro atoms. The van der Waals surface area contributed by atoms with Crippen molar-refractivity contribution in [1.29, 1.82) is 0 Å². The maximum atomic E-state index is 13.4. The zero-order valence-corrected chi connectivity index (χ0v) is 23.6. The van der Waals surface area contributed by atoms with Crippen LogP contribution in [0.15, 0.2) is 65.9 Å². The van der Waals surface area contributed by atoms with Gasteiger partial charge in [-0.1, -0.05) is 89.3 Å². The van der Waals surface area contributed by atoms with E-state index in [0.717, 1.165) is 30.5 Å². The van der Waals surface area contributed by atoms with Crippen LogP contribution < -0.4 is 10.7 Å². The topological polar surface area (TPSA) is 88.4 Å². The Kier molecular flexibility index (Phi) is 13.6. The molecule has 3 rings (SSSR count). The normalized spacial score (nSPS) is 11.2. The number of aromatic nitrogens is 2. The van der Waals surface area contributed by atoms with E-state index in [0.29, 0.717) is 17.7 Å². The second-order valence-electron chi connectivity index (χ2n) is 10.1. The van der Waals surface area contributed by atoms with Crippen molar-refractivity contribution in [3.63, 3.8) is 0 Å². The van der Waals surface area contributed by atoms with Crippen molar-refractivity contribution in [3.05, 3.63) is 72.2 Å². The summed E-state index contributed by atoms with van der Waals surface area (Å²) in [5.74, 6) is -0.876. The van der Waals surface area contributed by atoms with Crippen molar-refractivity contribution in [2.45, 2.75) is 84.0 Å². The molecule has 0 radical (unpaired) electrons. The lowest BCUT2D eigenvalue weighted by molar-refractivity contribution is -0.126. The Hall–Kier alpha value is -3.81. The van der Waals surface area contributed by atoms with Crippen LogP contribution in [-0.4, -0.2) is 34.4 Å². The van der Waals surface area contributed by atoms with Gasteiger partial charge in [-0.15, -0.1) is 0 Å². The first kappa shape index (κ1) is 30.7. The molecule has 214 valence electrons. The molecule has 0 unspecified atom stereocenters. The fourth-order valence-electron chi connectivity index (χ4n) is 4.46. The van der Waals surface area contributed by atoms with Gasteiger partial charge in [0, 0.05) is 23.7 Å². The highest BCUT2D eigenvalue weighted by Crippen LogP contribution is 2.23. The van der Waals surface area contributed by atoms with E-state index >= 15 is 0 Å². The van der Waals surface area contributed by atoms with Gasteiger partial charge < -0.3 is 5.32 Å². The summed E-state index contributed by atoms with van der Waals surface area (Å²) < 4.78 is 15.2. The summed E-state index contributed by atoms with van der Waals surface area (Å²) in [6.45, 7) is 2.10. The third-order valence-corrected chi connectivity index (χ3v) is 6.73. The average Bonchev–Trinajstić information content (AvgIpc) is 3.40. The minimum Gasteiger partial charge on any atom is -0.347 e. The summed E-state index contributed by atoms with van der Waals surface area (Å²) in [5, 5.41) is 11.4. The summed E-state index contributed by atoms with van der Waals surface area (Å²) in [6.07, 6.45) is 17.2. The van der Waals surface area contributed by atoms with Gasteiger partial charge in [0.1, 0.15) is 11.5 Å². The number of carbonyl (C=O) groups is 2. The van der Waals surface area contributed by atoms with E-state index in [1.54, 1.807) is 23.0 Å². The van der Waals surface area contributed by atoms with E-state index in [1.807, 2.05) is 30.3 Å². The Morgan fingerprint density at radius 1 is 0.850 bits per heavy atom. The molecule has 0 aliphatic carbocycles. The first-order valence-corrected chi connectivity index (χ1v) is 14.6. The molecule has 7 nitrogen and oxygen atoms in total. The van der Waals surface area contributed by atoms with Crippen LogP contribution in [0.3, 0.4) is 0 Å². The minimum atomic E-state index is -0.415. The number of unbranched alkanes of at least 4 members (excludes halogenated alkanes) is 10. The molecule has 1 heterocycles. The number of halogens is 1. The van der Waals surface area contributed by atoms with Crippen LogP contribution in [0.5, 0.6) is 0 Å². The summed E-state index contributed by atoms with van der Waals surface area (Å²) in [5.41, 5.74) is 5.28. The fourth-order valence-corrected chi connectivity index (χ4v) is 4.46. The van der Waals surface area contributed by atoms with Gasteiger partial charge in [-0.25, -0.2) is 14.5 Å². The molecule has 0 fully saturated rings. The zero-order valence-electron chi connectivity index (χ0n) is 23.6. The first-order chi connectivity index (χ1) is 19.6. The van der Waals surface area contributed by atoms with E-state index in [4.69, 9.17) is 0 Å². The largest absolute Gasteiger partial charge is 0.347 e. The highest BCUT2D eigenvalue weighted by Gasteiger charge is 2.12. The number of rotatable bonds is 18. The molecule has 3 aromatic rings. The third kappa shape index (κ3) is 11.1. The summed E-state index contributed by atoms with van der Waals surface area (Å²) in [7, 11) is 0. The van der Waals surface area contributed by atoms with Crippen LogP contribution in [0.2, 0.25) is 0 Å². The maximum Gasteiger partial charge on any atom is 0.259 e. The molecule has 0 aliphatic rings. The molecule has 0 bridgehead atoms. The summed E-state index contributed by atoms with van der Waals surface area (Å²) >= 11 is 0. The van der Waals surface area contributed by atoms with Crippen molar-refractivity contribution in [1.82, 2.24) is 20.5 Å². The smallest absolute Gasteiger partial charge is 0.259 e. The lowest BCUT2D eigenvalue weighted by Gasteiger charge is -2.05. The van der Waals surface area contributed by atoms with Gasteiger partial charge >= 0.3 is 0 Å². The number of hydrazone groups is 1. The molecular formula is C32H42FN5O2. The van der Waals surface area contributed by atoms with E-state index in [2.05, 4.69) is 27.9 Å². The van der Waals surface area contributed by atoms with Gasteiger partial charge in [0.25, 0.3) is 5.91 Å². The quantitative estimate of drug-likeness (QED) is 0.103. The molecule has 8 heteroatoms. The molecule has 0 saturated carbocycles. The van der Waals surface area contributed by atoms with E-state index in [1.165, 1.54) is 69.7 Å². The lowest BCUT2D eigenvalue weighted by Crippen LogP contribution is -2.34. The number of nitrogens with zero attached hydrogens (tertiary/aromatic N) is 3. The van der Waals surface area contributed by atoms with Crippen LogP contribution in [-0.2, 0) is 9.59 Å². The monoisotopic (exact) mass is 547 g/mol. The van der Waals surface area contributed by atoms with E-state index in [9.17, 15) is 14.0 Å². The molecule has 2 aromatic carbocycles. The van der Waals surface area contributed by atoms with Crippen LogP contribution in [0, 0.1) is 5.82 Å². The molecule has 0 aliphatic heterocycles. The first-order valence-electron chi connectivity index (χ1n) is 14.6. The van der Waals surface area contributed by atoms with Crippen LogP contribution in [0.25, 0.3) is 16.9 Å². The molecule has 0 saturated heterocycles. The average molecular weight is 548 g/mol. The number of benzene rings is 2. The Morgan fingerprint density at radius 2 is 1.48 bits per heavy atom. The Morgan fingerprint density at radius 3 is 2.12 bits per heavy atom. The molecule has 40 heavy (non-hydrogen) atoms. The van der Waals surface area contributed by atoms with Crippen LogP contribution >= 0.6 is 0 Å². The maximum absolute atomic E-state index is 13.4. The molecule has 2 N–H and O–H groups in total. The van der Waals surface area contributed by atoms with Gasteiger partial charge in [0.05, 0.1) is 18.4 Å². The van der Waals surface area contributed by atoms with E-state index in [-0.39, 0.29) is 18.3 Å². The van der Waals surface area contributed by atoms with Crippen molar-refractivity contribution in [2.75, 3.05) is 6.54 Å². The third-order valence-electron chi connectivity index (χ3n) is 6.73. The Bertz CT molecular complexity index is 1190. The predicted octanol–water partition coefficient (Wildman–Crippen LogP) is 6.95. The number of para-hydroxylation sites is 1. The van der Waals surface area contributed by atoms with Crippen molar-refractivity contribution < 1.29 is 14.0 Å². The molecular weight excluding hydrogens is 505 g/mol. The number of amides is 2. The van der Waals surface area contributed by atoms with Gasteiger partial charge in [-0.2, -0.15) is 10.2 Å². The predicted molar refractivity (Wildman–Crippen MR) is 159 cm³/mol. The standard InChI is InChI=1S/C32H42FN5O2/c1-2-3-4-5-6-7-8-9-10-11-15-18-30(39)34-24-31(40)36-35-23-27-25-38(29-16-13-12-14-17-29)37-32(27)26-19-21-28(33)22-20-26/h12-14,16-17,19-23,25H,2-11,15,18,24H2,1H3,(H,34,39)(H,36,40)/b35-23-. The Labute approximate surface area is 237 Å². The van der Waals surface area contributed by atoms with Crippen LogP contribution in [0.4, 0.5) is 4.39 Å².